The lowest BCUT2D eigenvalue weighted by molar-refractivity contribution is 0.0873. The van der Waals surface area contributed by atoms with E-state index in [0.717, 1.165) is 30.6 Å². The molecule has 2 aliphatic rings. The Labute approximate surface area is 94.3 Å². The first kappa shape index (κ1) is 11.4. The summed E-state index contributed by atoms with van der Waals surface area (Å²) in [4.78, 5) is 0. The van der Waals surface area contributed by atoms with Crippen molar-refractivity contribution in [3.63, 3.8) is 0 Å². The van der Waals surface area contributed by atoms with E-state index >= 15 is 0 Å². The SMILES string of the molecule is CC1CCCC(C2CCC(O)CC2)CC1. The minimum atomic E-state index is 0.0194. The smallest absolute Gasteiger partial charge is 0.0540 e. The Balaban J connectivity index is 1.82. The Morgan fingerprint density at radius 2 is 1.33 bits per heavy atom. The van der Waals surface area contributed by atoms with Crippen molar-refractivity contribution in [2.24, 2.45) is 17.8 Å². The molecular weight excluding hydrogens is 184 g/mol. The molecule has 0 aromatic heterocycles. The summed E-state index contributed by atoms with van der Waals surface area (Å²) in [6.45, 7) is 2.41. The van der Waals surface area contributed by atoms with Crippen LogP contribution >= 0.6 is 0 Å². The lowest BCUT2D eigenvalue weighted by Crippen LogP contribution is -2.24. The van der Waals surface area contributed by atoms with Crippen molar-refractivity contribution in [3.8, 4) is 0 Å². The predicted octanol–water partition coefficient (Wildman–Crippen LogP) is 3.75. The molecule has 0 amide bonds. The second-order valence-electron chi connectivity index (χ2n) is 5.94. The van der Waals surface area contributed by atoms with Crippen LogP contribution in [0, 0.1) is 17.8 Å². The first-order valence-electron chi connectivity index (χ1n) is 6.93. The molecule has 2 atom stereocenters. The molecule has 15 heavy (non-hydrogen) atoms. The zero-order valence-electron chi connectivity index (χ0n) is 10.1. The van der Waals surface area contributed by atoms with Gasteiger partial charge in [-0.2, -0.15) is 0 Å². The maximum absolute atomic E-state index is 9.52. The molecule has 0 bridgehead atoms. The van der Waals surface area contributed by atoms with Crippen LogP contribution in [-0.4, -0.2) is 11.2 Å². The largest absolute Gasteiger partial charge is 0.393 e. The van der Waals surface area contributed by atoms with E-state index in [4.69, 9.17) is 0 Å². The van der Waals surface area contributed by atoms with E-state index in [2.05, 4.69) is 6.92 Å². The van der Waals surface area contributed by atoms with E-state index in [1.54, 1.807) is 0 Å². The van der Waals surface area contributed by atoms with Crippen LogP contribution in [0.3, 0.4) is 0 Å². The summed E-state index contributed by atoms with van der Waals surface area (Å²) in [7, 11) is 0. The highest BCUT2D eigenvalue weighted by molar-refractivity contribution is 4.79. The molecule has 0 aliphatic heterocycles. The fourth-order valence-corrected chi connectivity index (χ4v) is 3.56. The van der Waals surface area contributed by atoms with Crippen molar-refractivity contribution >= 4 is 0 Å². The van der Waals surface area contributed by atoms with Gasteiger partial charge in [0, 0.05) is 0 Å². The number of hydrogen-bond donors (Lipinski definition) is 1. The predicted molar refractivity (Wildman–Crippen MR) is 63.7 cm³/mol. The van der Waals surface area contributed by atoms with Gasteiger partial charge in [0.2, 0.25) is 0 Å². The zero-order chi connectivity index (χ0) is 10.7. The molecule has 2 unspecified atom stereocenters. The quantitative estimate of drug-likeness (QED) is 0.653. The molecule has 1 nitrogen and oxygen atoms in total. The molecule has 0 spiro atoms. The van der Waals surface area contributed by atoms with Crippen LogP contribution in [0.2, 0.25) is 0 Å². The average molecular weight is 210 g/mol. The van der Waals surface area contributed by atoms with Gasteiger partial charge < -0.3 is 5.11 Å². The summed E-state index contributed by atoms with van der Waals surface area (Å²) < 4.78 is 0. The Hall–Kier alpha value is -0.0400. The summed E-state index contributed by atoms with van der Waals surface area (Å²) >= 11 is 0. The lowest BCUT2D eigenvalue weighted by atomic mass is 9.76. The molecule has 0 radical (unpaired) electrons. The molecule has 0 saturated heterocycles. The number of aliphatic hydroxyl groups excluding tert-OH is 1. The van der Waals surface area contributed by atoms with Crippen LogP contribution in [0.25, 0.3) is 0 Å². The first-order chi connectivity index (χ1) is 7.25. The lowest BCUT2D eigenvalue weighted by Gasteiger charge is -2.31. The molecule has 2 rings (SSSR count). The fraction of sp³-hybridized carbons (Fsp3) is 1.00. The first-order valence-corrected chi connectivity index (χ1v) is 6.93. The van der Waals surface area contributed by atoms with Gasteiger partial charge in [0.1, 0.15) is 0 Å². The van der Waals surface area contributed by atoms with Crippen molar-refractivity contribution in [1.29, 1.82) is 0 Å². The summed E-state index contributed by atoms with van der Waals surface area (Å²) in [5.74, 6) is 2.89. The second kappa shape index (κ2) is 5.34. The molecule has 2 saturated carbocycles. The topological polar surface area (TPSA) is 20.2 Å². The fourth-order valence-electron chi connectivity index (χ4n) is 3.56. The van der Waals surface area contributed by atoms with Crippen molar-refractivity contribution in [2.75, 3.05) is 0 Å². The van der Waals surface area contributed by atoms with Gasteiger partial charge in [-0.3, -0.25) is 0 Å². The van der Waals surface area contributed by atoms with Gasteiger partial charge in [0.15, 0.2) is 0 Å². The van der Waals surface area contributed by atoms with Crippen molar-refractivity contribution in [1.82, 2.24) is 0 Å². The maximum atomic E-state index is 9.52. The Kier molecular flexibility index (Phi) is 4.07. The van der Waals surface area contributed by atoms with Gasteiger partial charge in [0.05, 0.1) is 6.10 Å². The molecule has 0 aromatic rings. The molecule has 0 heterocycles. The third kappa shape index (κ3) is 3.21. The van der Waals surface area contributed by atoms with E-state index < -0.39 is 0 Å². The van der Waals surface area contributed by atoms with Crippen LogP contribution < -0.4 is 0 Å². The number of hydrogen-bond acceptors (Lipinski definition) is 1. The van der Waals surface area contributed by atoms with Crippen LogP contribution in [0.4, 0.5) is 0 Å². The van der Waals surface area contributed by atoms with Crippen LogP contribution in [0.15, 0.2) is 0 Å². The van der Waals surface area contributed by atoms with Crippen LogP contribution in [0.1, 0.15) is 64.7 Å². The summed E-state index contributed by atoms with van der Waals surface area (Å²) in [6.07, 6.45) is 12.0. The third-order valence-corrected chi connectivity index (χ3v) is 4.71. The summed E-state index contributed by atoms with van der Waals surface area (Å²) in [5.41, 5.74) is 0. The molecule has 88 valence electrons. The van der Waals surface area contributed by atoms with Crippen LogP contribution in [-0.2, 0) is 0 Å². The van der Waals surface area contributed by atoms with E-state index in [1.165, 1.54) is 44.9 Å². The molecule has 1 heteroatoms. The van der Waals surface area contributed by atoms with Gasteiger partial charge in [0.25, 0.3) is 0 Å². The zero-order valence-corrected chi connectivity index (χ0v) is 10.1. The maximum Gasteiger partial charge on any atom is 0.0540 e. The highest BCUT2D eigenvalue weighted by atomic mass is 16.3. The van der Waals surface area contributed by atoms with Crippen LogP contribution in [0.5, 0.6) is 0 Å². The third-order valence-electron chi connectivity index (χ3n) is 4.71. The van der Waals surface area contributed by atoms with E-state index in [-0.39, 0.29) is 6.10 Å². The average Bonchev–Trinajstić information content (AvgIpc) is 2.44. The molecule has 0 aromatic carbocycles. The molecule has 2 fully saturated rings. The van der Waals surface area contributed by atoms with Gasteiger partial charge in [-0.25, -0.2) is 0 Å². The van der Waals surface area contributed by atoms with Crippen molar-refractivity contribution in [2.45, 2.75) is 70.8 Å². The Morgan fingerprint density at radius 3 is 2.07 bits per heavy atom. The number of rotatable bonds is 1. The normalized spacial score (nSPS) is 43.6. The van der Waals surface area contributed by atoms with Gasteiger partial charge >= 0.3 is 0 Å². The molecule has 1 N–H and O–H groups in total. The summed E-state index contributed by atoms with van der Waals surface area (Å²) in [6, 6.07) is 0. The standard InChI is InChI=1S/C14H26O/c1-11-3-2-4-12(6-5-11)13-7-9-14(15)10-8-13/h11-15H,2-10H2,1H3. The molecular formula is C14H26O. The highest BCUT2D eigenvalue weighted by Gasteiger charge is 2.27. The Bertz CT molecular complexity index is 182. The van der Waals surface area contributed by atoms with E-state index in [0.29, 0.717) is 0 Å². The Morgan fingerprint density at radius 1 is 0.733 bits per heavy atom. The van der Waals surface area contributed by atoms with Gasteiger partial charge in [-0.05, 0) is 49.9 Å². The minimum absolute atomic E-state index is 0.0194. The van der Waals surface area contributed by atoms with Gasteiger partial charge in [-0.1, -0.05) is 32.6 Å². The highest BCUT2D eigenvalue weighted by Crippen LogP contribution is 2.38. The van der Waals surface area contributed by atoms with Gasteiger partial charge in [-0.15, -0.1) is 0 Å². The number of aliphatic hydroxyl groups is 1. The monoisotopic (exact) mass is 210 g/mol. The minimum Gasteiger partial charge on any atom is -0.393 e. The second-order valence-corrected chi connectivity index (χ2v) is 5.94. The van der Waals surface area contributed by atoms with E-state index in [1.807, 2.05) is 0 Å². The summed E-state index contributed by atoms with van der Waals surface area (Å²) in [5, 5.41) is 9.52. The molecule has 2 aliphatic carbocycles. The van der Waals surface area contributed by atoms with Crippen molar-refractivity contribution < 1.29 is 5.11 Å². The van der Waals surface area contributed by atoms with E-state index in [9.17, 15) is 5.11 Å². The van der Waals surface area contributed by atoms with Crippen molar-refractivity contribution in [3.05, 3.63) is 0 Å².